The van der Waals surface area contributed by atoms with Crippen molar-refractivity contribution in [2.75, 3.05) is 6.54 Å². The Bertz CT molecular complexity index is 988. The molecule has 0 saturated heterocycles. The molecule has 2 N–H and O–H groups in total. The molecular formula is C21H24N4O2. The van der Waals surface area contributed by atoms with Crippen LogP contribution in [-0.4, -0.2) is 27.2 Å². The lowest BCUT2D eigenvalue weighted by Crippen LogP contribution is -2.34. The summed E-state index contributed by atoms with van der Waals surface area (Å²) in [5, 5.41) is 9.56. The van der Waals surface area contributed by atoms with Crippen LogP contribution in [0.5, 0.6) is 0 Å². The van der Waals surface area contributed by atoms with E-state index in [4.69, 9.17) is 0 Å². The van der Waals surface area contributed by atoms with Crippen LogP contribution in [0, 0.1) is 6.92 Å². The number of aromatic nitrogens is 3. The summed E-state index contributed by atoms with van der Waals surface area (Å²) >= 11 is 0. The van der Waals surface area contributed by atoms with Crippen LogP contribution in [0.25, 0.3) is 5.69 Å². The number of benzene rings is 1. The van der Waals surface area contributed by atoms with Gasteiger partial charge in [-0.1, -0.05) is 26.0 Å². The molecule has 1 aromatic carbocycles. The molecule has 2 aromatic heterocycles. The van der Waals surface area contributed by atoms with Gasteiger partial charge in [-0.25, -0.2) is 0 Å². The number of hydrogen-bond donors (Lipinski definition) is 2. The molecule has 0 radical (unpaired) electrons. The Labute approximate surface area is 158 Å². The highest BCUT2D eigenvalue weighted by Gasteiger charge is 2.16. The molecule has 0 unspecified atom stereocenters. The largest absolute Gasteiger partial charge is 0.351 e. The van der Waals surface area contributed by atoms with E-state index in [9.17, 15) is 9.59 Å². The van der Waals surface area contributed by atoms with E-state index in [1.807, 2.05) is 30.3 Å². The fourth-order valence-corrected chi connectivity index (χ4v) is 2.96. The van der Waals surface area contributed by atoms with Crippen LogP contribution in [0.3, 0.4) is 0 Å². The summed E-state index contributed by atoms with van der Waals surface area (Å²) in [7, 11) is 0. The lowest BCUT2D eigenvalue weighted by molar-refractivity contribution is 0.0951. The summed E-state index contributed by atoms with van der Waals surface area (Å²) < 4.78 is 1.53. The van der Waals surface area contributed by atoms with Crippen molar-refractivity contribution in [2.45, 2.75) is 33.1 Å². The van der Waals surface area contributed by atoms with Crippen molar-refractivity contribution >= 4 is 5.91 Å². The first kappa shape index (κ1) is 18.6. The Morgan fingerprint density at radius 2 is 2.07 bits per heavy atom. The van der Waals surface area contributed by atoms with Crippen molar-refractivity contribution in [3.63, 3.8) is 0 Å². The molecule has 3 rings (SSSR count). The van der Waals surface area contributed by atoms with Gasteiger partial charge in [0.1, 0.15) is 5.56 Å². The molecule has 6 heteroatoms. The minimum atomic E-state index is -0.355. The van der Waals surface area contributed by atoms with Crippen LogP contribution >= 0.6 is 0 Å². The number of H-pyrrole nitrogens is 1. The van der Waals surface area contributed by atoms with Gasteiger partial charge in [0.15, 0.2) is 0 Å². The number of carbonyl (C=O) groups excluding carboxylic acids is 1. The molecule has 3 aromatic rings. The molecule has 0 fully saturated rings. The zero-order valence-corrected chi connectivity index (χ0v) is 15.8. The van der Waals surface area contributed by atoms with E-state index in [1.54, 1.807) is 25.4 Å². The van der Waals surface area contributed by atoms with Crippen LogP contribution in [0.1, 0.15) is 46.9 Å². The Hall–Kier alpha value is -3.15. The summed E-state index contributed by atoms with van der Waals surface area (Å²) in [5.74, 6) is 0.00253. The van der Waals surface area contributed by atoms with E-state index in [2.05, 4.69) is 29.4 Å². The number of amides is 1. The summed E-state index contributed by atoms with van der Waals surface area (Å²) in [6.07, 6.45) is 4.02. The minimum absolute atomic E-state index is 0.178. The molecule has 0 aliphatic heterocycles. The highest BCUT2D eigenvalue weighted by Crippen LogP contribution is 2.17. The van der Waals surface area contributed by atoms with Crippen LogP contribution in [0.2, 0.25) is 0 Å². The number of pyridine rings is 1. The van der Waals surface area contributed by atoms with Gasteiger partial charge >= 0.3 is 0 Å². The molecule has 0 saturated carbocycles. The van der Waals surface area contributed by atoms with E-state index >= 15 is 0 Å². The fourth-order valence-electron chi connectivity index (χ4n) is 2.96. The normalized spacial score (nSPS) is 11.0. The maximum Gasteiger partial charge on any atom is 0.268 e. The van der Waals surface area contributed by atoms with Gasteiger partial charge in [0.2, 0.25) is 0 Å². The van der Waals surface area contributed by atoms with E-state index in [-0.39, 0.29) is 17.0 Å². The predicted octanol–water partition coefficient (Wildman–Crippen LogP) is 2.96. The van der Waals surface area contributed by atoms with Gasteiger partial charge in [-0.15, -0.1) is 0 Å². The smallest absolute Gasteiger partial charge is 0.268 e. The van der Waals surface area contributed by atoms with Crippen molar-refractivity contribution in [2.24, 2.45) is 0 Å². The van der Waals surface area contributed by atoms with Crippen LogP contribution in [-0.2, 0) is 6.42 Å². The van der Waals surface area contributed by atoms with E-state index in [0.717, 1.165) is 16.9 Å². The summed E-state index contributed by atoms with van der Waals surface area (Å²) in [5.41, 5.74) is 3.37. The SMILES string of the molecule is Cc1ccn(-c2cccc(C(C)C)c2)c(=O)c1C(=O)NCCc1ccn[nH]1. The monoisotopic (exact) mass is 364 g/mol. The quantitative estimate of drug-likeness (QED) is 0.706. The van der Waals surface area contributed by atoms with E-state index < -0.39 is 0 Å². The van der Waals surface area contributed by atoms with Gasteiger partial charge in [0, 0.05) is 36.7 Å². The molecule has 0 atom stereocenters. The van der Waals surface area contributed by atoms with Gasteiger partial charge in [-0.2, -0.15) is 5.10 Å². The maximum atomic E-state index is 13.0. The van der Waals surface area contributed by atoms with Crippen molar-refractivity contribution in [3.05, 3.63) is 81.5 Å². The van der Waals surface area contributed by atoms with Gasteiger partial charge in [-0.3, -0.25) is 19.3 Å². The predicted molar refractivity (Wildman–Crippen MR) is 105 cm³/mol. The Balaban J connectivity index is 1.86. The minimum Gasteiger partial charge on any atom is -0.351 e. The summed E-state index contributed by atoms with van der Waals surface area (Å²) in [4.78, 5) is 25.6. The fraction of sp³-hybridized carbons (Fsp3) is 0.286. The second kappa shape index (κ2) is 8.03. The van der Waals surface area contributed by atoms with Gasteiger partial charge in [0.25, 0.3) is 11.5 Å². The zero-order valence-electron chi connectivity index (χ0n) is 15.8. The Kier molecular flexibility index (Phi) is 5.54. The third kappa shape index (κ3) is 4.16. The first-order valence-corrected chi connectivity index (χ1v) is 9.06. The maximum absolute atomic E-state index is 13.0. The Morgan fingerprint density at radius 1 is 1.26 bits per heavy atom. The standard InChI is InChI=1S/C21H24N4O2/c1-14(2)16-5-4-6-18(13-16)25-12-9-15(3)19(21(25)27)20(26)22-10-7-17-8-11-23-24-17/h4-6,8-9,11-14H,7,10H2,1-3H3,(H,22,26)(H,23,24). The third-order valence-electron chi connectivity index (χ3n) is 4.58. The number of rotatable bonds is 6. The first-order chi connectivity index (χ1) is 13.0. The third-order valence-corrected chi connectivity index (χ3v) is 4.58. The van der Waals surface area contributed by atoms with Crippen molar-refractivity contribution in [1.29, 1.82) is 0 Å². The van der Waals surface area contributed by atoms with Crippen molar-refractivity contribution in [1.82, 2.24) is 20.1 Å². The lowest BCUT2D eigenvalue weighted by Gasteiger charge is -2.13. The van der Waals surface area contributed by atoms with Crippen LogP contribution < -0.4 is 10.9 Å². The van der Waals surface area contributed by atoms with E-state index in [0.29, 0.717) is 24.4 Å². The second-order valence-corrected chi connectivity index (χ2v) is 6.89. The average Bonchev–Trinajstić information content (AvgIpc) is 3.15. The van der Waals surface area contributed by atoms with Gasteiger partial charge in [0.05, 0.1) is 0 Å². The number of aromatic amines is 1. The van der Waals surface area contributed by atoms with Crippen LogP contribution in [0.15, 0.2) is 53.6 Å². The molecule has 140 valence electrons. The molecule has 2 heterocycles. The molecule has 0 spiro atoms. The molecular weight excluding hydrogens is 340 g/mol. The number of nitrogens with zero attached hydrogens (tertiary/aromatic N) is 2. The van der Waals surface area contributed by atoms with Gasteiger partial charge in [-0.05, 0) is 48.2 Å². The van der Waals surface area contributed by atoms with Crippen molar-refractivity contribution in [3.8, 4) is 5.69 Å². The van der Waals surface area contributed by atoms with Crippen LogP contribution in [0.4, 0.5) is 0 Å². The molecule has 27 heavy (non-hydrogen) atoms. The molecule has 6 nitrogen and oxygen atoms in total. The number of hydrogen-bond acceptors (Lipinski definition) is 3. The molecule has 1 amide bonds. The lowest BCUT2D eigenvalue weighted by atomic mass is 10.0. The number of carbonyl (C=O) groups is 1. The van der Waals surface area contributed by atoms with Gasteiger partial charge < -0.3 is 5.32 Å². The topological polar surface area (TPSA) is 79.8 Å². The molecule has 0 aliphatic carbocycles. The summed E-state index contributed by atoms with van der Waals surface area (Å²) in [6.45, 7) is 6.42. The number of nitrogens with one attached hydrogen (secondary N) is 2. The highest BCUT2D eigenvalue weighted by atomic mass is 16.2. The molecule has 0 aliphatic rings. The first-order valence-electron chi connectivity index (χ1n) is 9.06. The summed E-state index contributed by atoms with van der Waals surface area (Å²) in [6, 6.07) is 11.5. The molecule has 0 bridgehead atoms. The average molecular weight is 364 g/mol. The zero-order chi connectivity index (χ0) is 19.4. The Morgan fingerprint density at radius 3 is 2.78 bits per heavy atom. The number of aryl methyl sites for hydroxylation is 1. The second-order valence-electron chi connectivity index (χ2n) is 6.89. The highest BCUT2D eigenvalue weighted by molar-refractivity contribution is 5.95. The van der Waals surface area contributed by atoms with E-state index in [1.165, 1.54) is 4.57 Å². The van der Waals surface area contributed by atoms with Crippen molar-refractivity contribution < 1.29 is 4.79 Å².